The minimum Gasteiger partial charge on any atom is -0.218 e. The maximum Gasteiger partial charge on any atom is 0.420 e. The molecule has 0 spiro atoms. The van der Waals surface area contributed by atoms with E-state index in [9.17, 15) is 13.2 Å². The number of rotatable bonds is 1. The van der Waals surface area contributed by atoms with Gasteiger partial charge >= 0.3 is 6.18 Å². The lowest BCUT2D eigenvalue weighted by Crippen LogP contribution is -2.14. The molecule has 2 aromatic heterocycles. The summed E-state index contributed by atoms with van der Waals surface area (Å²) >= 11 is 5.63. The number of hydrogen-bond donors (Lipinski definition) is 0. The van der Waals surface area contributed by atoms with Gasteiger partial charge in [-0.15, -0.1) is 0 Å². The molecule has 19 heavy (non-hydrogen) atoms. The van der Waals surface area contributed by atoms with Crippen molar-refractivity contribution in [1.29, 1.82) is 5.26 Å². The van der Waals surface area contributed by atoms with E-state index < -0.39 is 17.6 Å². The summed E-state index contributed by atoms with van der Waals surface area (Å²) in [7, 11) is 0. The van der Waals surface area contributed by atoms with Gasteiger partial charge in [0.25, 0.3) is 0 Å². The molecule has 0 amide bonds. The van der Waals surface area contributed by atoms with Crippen LogP contribution in [0.4, 0.5) is 13.2 Å². The molecule has 0 bridgehead atoms. The molecule has 2 aromatic rings. The van der Waals surface area contributed by atoms with Gasteiger partial charge in [-0.2, -0.15) is 23.5 Å². The molecule has 0 aromatic carbocycles. The smallest absolute Gasteiger partial charge is 0.218 e. The summed E-state index contributed by atoms with van der Waals surface area (Å²) in [4.78, 5) is 3.65. The van der Waals surface area contributed by atoms with Crippen molar-refractivity contribution in [2.75, 3.05) is 0 Å². The zero-order valence-corrected chi connectivity index (χ0v) is 10.3. The third kappa shape index (κ3) is 2.53. The van der Waals surface area contributed by atoms with E-state index in [1.807, 2.05) is 0 Å². The molecule has 8 heteroatoms. The van der Waals surface area contributed by atoms with Gasteiger partial charge < -0.3 is 0 Å². The summed E-state index contributed by atoms with van der Waals surface area (Å²) in [6.45, 7) is 1.52. The number of aryl methyl sites for hydroxylation is 1. The number of hydrogen-bond acceptors (Lipinski definition) is 3. The first kappa shape index (κ1) is 13.4. The van der Waals surface area contributed by atoms with Crippen LogP contribution in [0.15, 0.2) is 18.2 Å². The summed E-state index contributed by atoms with van der Waals surface area (Å²) in [5, 5.41) is 12.4. The Labute approximate surface area is 111 Å². The van der Waals surface area contributed by atoms with Gasteiger partial charge in [0.15, 0.2) is 11.5 Å². The Morgan fingerprint density at radius 3 is 2.58 bits per heavy atom. The lowest BCUT2D eigenvalue weighted by Gasteiger charge is -2.12. The van der Waals surface area contributed by atoms with Crippen LogP contribution in [0.2, 0.25) is 5.15 Å². The number of nitrogens with zero attached hydrogens (tertiary/aromatic N) is 4. The molecule has 0 aliphatic heterocycles. The molecule has 0 saturated carbocycles. The molecule has 2 heterocycles. The summed E-state index contributed by atoms with van der Waals surface area (Å²) in [5.41, 5.74) is -0.600. The van der Waals surface area contributed by atoms with Crippen LogP contribution in [0, 0.1) is 18.3 Å². The first-order valence-electron chi connectivity index (χ1n) is 5.04. The zero-order valence-electron chi connectivity index (χ0n) is 9.53. The van der Waals surface area contributed by atoms with E-state index in [4.69, 9.17) is 16.9 Å². The Kier molecular flexibility index (Phi) is 3.20. The highest BCUT2D eigenvalue weighted by molar-refractivity contribution is 6.29. The predicted molar refractivity (Wildman–Crippen MR) is 60.8 cm³/mol. The first-order chi connectivity index (χ1) is 8.82. The third-order valence-corrected chi connectivity index (χ3v) is 2.56. The summed E-state index contributed by atoms with van der Waals surface area (Å²) < 4.78 is 39.6. The van der Waals surface area contributed by atoms with Crippen molar-refractivity contribution in [3.63, 3.8) is 0 Å². The molecule has 0 aliphatic carbocycles. The van der Waals surface area contributed by atoms with Crippen LogP contribution in [0.25, 0.3) is 5.82 Å². The average Bonchev–Trinajstić information content (AvgIpc) is 2.68. The molecule has 0 N–H and O–H groups in total. The molecule has 0 unspecified atom stereocenters. The van der Waals surface area contributed by atoms with Gasteiger partial charge in [-0.05, 0) is 25.1 Å². The maximum atomic E-state index is 12.9. The normalized spacial score (nSPS) is 11.4. The third-order valence-electron chi connectivity index (χ3n) is 2.35. The average molecular weight is 287 g/mol. The zero-order chi connectivity index (χ0) is 14.2. The molecule has 98 valence electrons. The second-order valence-corrected chi connectivity index (χ2v) is 4.08. The van der Waals surface area contributed by atoms with Gasteiger partial charge in [-0.25, -0.2) is 9.67 Å². The molecule has 0 atom stereocenters. The minimum atomic E-state index is -4.59. The van der Waals surface area contributed by atoms with Crippen LogP contribution in [0.3, 0.4) is 0 Å². The first-order valence-corrected chi connectivity index (χ1v) is 5.41. The van der Waals surface area contributed by atoms with Gasteiger partial charge in [0, 0.05) is 5.69 Å². The van der Waals surface area contributed by atoms with E-state index in [1.165, 1.54) is 13.0 Å². The molecule has 4 nitrogen and oxygen atoms in total. The van der Waals surface area contributed by atoms with Crippen LogP contribution in [-0.2, 0) is 6.18 Å². The minimum absolute atomic E-state index is 0.00685. The quantitative estimate of drug-likeness (QED) is 0.757. The summed E-state index contributed by atoms with van der Waals surface area (Å²) in [6, 6.07) is 5.01. The molecule has 0 saturated heterocycles. The highest BCUT2D eigenvalue weighted by Gasteiger charge is 2.35. The molecule has 2 rings (SSSR count). The number of aromatic nitrogens is 3. The fourth-order valence-electron chi connectivity index (χ4n) is 1.55. The van der Waals surface area contributed by atoms with E-state index in [-0.39, 0.29) is 10.8 Å². The fraction of sp³-hybridized carbons (Fsp3) is 0.182. The van der Waals surface area contributed by atoms with E-state index in [2.05, 4.69) is 10.1 Å². The Hall–Kier alpha value is -2.07. The van der Waals surface area contributed by atoms with Crippen LogP contribution < -0.4 is 0 Å². The number of pyridine rings is 1. The Balaban J connectivity index is 2.70. The van der Waals surface area contributed by atoms with Crippen LogP contribution in [0.1, 0.15) is 17.0 Å². The second kappa shape index (κ2) is 4.55. The van der Waals surface area contributed by atoms with Crippen molar-refractivity contribution in [3.8, 4) is 11.9 Å². The van der Waals surface area contributed by atoms with E-state index in [1.54, 1.807) is 6.07 Å². The van der Waals surface area contributed by atoms with Gasteiger partial charge in [0.1, 0.15) is 16.8 Å². The predicted octanol–water partition coefficient (Wildman–Crippen LogP) is 3.12. The summed E-state index contributed by atoms with van der Waals surface area (Å²) in [6.07, 6.45) is -4.59. The molecular weight excluding hydrogens is 281 g/mol. The van der Waals surface area contributed by atoms with Crippen molar-refractivity contribution in [1.82, 2.24) is 14.8 Å². The van der Waals surface area contributed by atoms with Crippen LogP contribution >= 0.6 is 11.6 Å². The maximum absolute atomic E-state index is 12.9. The number of alkyl halides is 3. The van der Waals surface area contributed by atoms with Gasteiger partial charge in [-0.1, -0.05) is 11.6 Å². The monoisotopic (exact) mass is 286 g/mol. The number of nitriles is 1. The Morgan fingerprint density at radius 2 is 2.05 bits per heavy atom. The van der Waals surface area contributed by atoms with Crippen molar-refractivity contribution < 1.29 is 13.2 Å². The van der Waals surface area contributed by atoms with Crippen LogP contribution in [-0.4, -0.2) is 14.8 Å². The summed E-state index contributed by atoms with van der Waals surface area (Å²) in [5.74, 6) is -0.445. The second-order valence-electron chi connectivity index (χ2n) is 3.70. The van der Waals surface area contributed by atoms with E-state index in [0.29, 0.717) is 5.69 Å². The van der Waals surface area contributed by atoms with Gasteiger partial charge in [-0.3, -0.25) is 0 Å². The molecular formula is C11H6ClF3N4. The number of halogens is 4. The molecule has 0 aliphatic rings. The molecule has 0 radical (unpaired) electrons. The lowest BCUT2D eigenvalue weighted by molar-refractivity contribution is -0.137. The largest absolute Gasteiger partial charge is 0.420 e. The van der Waals surface area contributed by atoms with Crippen LogP contribution in [0.5, 0.6) is 0 Å². The van der Waals surface area contributed by atoms with Crippen molar-refractivity contribution in [3.05, 3.63) is 40.3 Å². The highest BCUT2D eigenvalue weighted by Crippen LogP contribution is 2.33. The Morgan fingerprint density at radius 1 is 1.37 bits per heavy atom. The van der Waals surface area contributed by atoms with E-state index in [0.717, 1.165) is 16.8 Å². The van der Waals surface area contributed by atoms with Crippen molar-refractivity contribution >= 4 is 11.6 Å². The lowest BCUT2D eigenvalue weighted by atomic mass is 10.2. The standard InChI is InChI=1S/C11H6ClF3N4/c1-6-4-7(5-16)18-19(6)10-8(11(13,14)15)2-3-9(12)17-10/h2-4H,1H3. The van der Waals surface area contributed by atoms with Crippen molar-refractivity contribution in [2.45, 2.75) is 13.1 Å². The fourth-order valence-corrected chi connectivity index (χ4v) is 1.69. The molecule has 0 fully saturated rings. The topological polar surface area (TPSA) is 54.5 Å². The van der Waals surface area contributed by atoms with Gasteiger partial charge in [0.2, 0.25) is 0 Å². The van der Waals surface area contributed by atoms with Crippen molar-refractivity contribution in [2.24, 2.45) is 0 Å². The SMILES string of the molecule is Cc1cc(C#N)nn1-c1nc(Cl)ccc1C(F)(F)F. The van der Waals surface area contributed by atoms with Gasteiger partial charge in [0.05, 0.1) is 0 Å². The Bertz CT molecular complexity index is 670. The highest BCUT2D eigenvalue weighted by atomic mass is 35.5. The van der Waals surface area contributed by atoms with E-state index >= 15 is 0 Å².